The quantitative estimate of drug-likeness (QED) is 0.722. The summed E-state index contributed by atoms with van der Waals surface area (Å²) >= 11 is 0. The van der Waals surface area contributed by atoms with Gasteiger partial charge in [0.05, 0.1) is 6.61 Å². The van der Waals surface area contributed by atoms with E-state index in [0.717, 1.165) is 19.3 Å². The Morgan fingerprint density at radius 3 is 2.53 bits per heavy atom. The maximum absolute atomic E-state index is 12.3. The van der Waals surface area contributed by atoms with E-state index in [4.69, 9.17) is 9.47 Å². The minimum absolute atomic E-state index is 0.134. The first-order valence-corrected chi connectivity index (χ1v) is 7.01. The van der Waals surface area contributed by atoms with Crippen LogP contribution in [0.5, 0.6) is 0 Å². The van der Waals surface area contributed by atoms with Crippen LogP contribution in [0, 0.1) is 5.92 Å². The van der Waals surface area contributed by atoms with E-state index in [1.165, 1.54) is 0 Å². The smallest absolute Gasteiger partial charge is 0.411 e. The van der Waals surface area contributed by atoms with Gasteiger partial charge in [0, 0.05) is 6.04 Å². The van der Waals surface area contributed by atoms with Crippen molar-refractivity contribution in [3.8, 4) is 0 Å². The van der Waals surface area contributed by atoms with Gasteiger partial charge in [-0.25, -0.2) is 9.59 Å². The highest BCUT2D eigenvalue weighted by atomic mass is 16.6. The lowest BCUT2D eigenvalue weighted by atomic mass is 9.99. The number of piperidine rings is 1. The summed E-state index contributed by atoms with van der Waals surface area (Å²) in [5.41, 5.74) is -0.544. The van der Waals surface area contributed by atoms with E-state index in [1.54, 1.807) is 11.8 Å². The molecule has 0 aromatic carbocycles. The Kier molecular flexibility index (Phi) is 3.74. The van der Waals surface area contributed by atoms with Crippen LogP contribution >= 0.6 is 0 Å². The first kappa shape index (κ1) is 14.2. The second kappa shape index (κ2) is 5.02. The number of hydrogen-bond donors (Lipinski definition) is 0. The summed E-state index contributed by atoms with van der Waals surface area (Å²) in [6, 6.07) is -0.317. The molecule has 0 unspecified atom stereocenters. The number of carbonyl (C=O) groups excluding carboxylic acids is 2. The van der Waals surface area contributed by atoms with E-state index >= 15 is 0 Å². The van der Waals surface area contributed by atoms with Gasteiger partial charge in [-0.3, -0.25) is 4.90 Å². The average Bonchev–Trinajstić information content (AvgIpc) is 2.85. The van der Waals surface area contributed by atoms with Crippen LogP contribution in [-0.2, 0) is 14.3 Å². The molecule has 0 aromatic rings. The molecule has 1 aliphatic heterocycles. The molecular formula is C14H23NO4. The van der Waals surface area contributed by atoms with E-state index in [1.807, 2.05) is 20.8 Å². The van der Waals surface area contributed by atoms with Gasteiger partial charge in [-0.1, -0.05) is 0 Å². The van der Waals surface area contributed by atoms with Gasteiger partial charge < -0.3 is 9.47 Å². The molecule has 19 heavy (non-hydrogen) atoms. The number of hydrogen-bond acceptors (Lipinski definition) is 4. The van der Waals surface area contributed by atoms with Crippen LogP contribution in [0.3, 0.4) is 0 Å². The van der Waals surface area contributed by atoms with E-state index in [-0.39, 0.29) is 17.9 Å². The molecule has 3 atom stereocenters. The molecule has 5 nitrogen and oxygen atoms in total. The number of carbonyl (C=O) groups is 2. The third-order valence-corrected chi connectivity index (χ3v) is 3.72. The molecule has 2 aliphatic rings. The van der Waals surface area contributed by atoms with Gasteiger partial charge in [0.25, 0.3) is 0 Å². The van der Waals surface area contributed by atoms with Crippen LogP contribution in [0.15, 0.2) is 0 Å². The fourth-order valence-corrected chi connectivity index (χ4v) is 3.10. The molecule has 2 bridgehead atoms. The summed E-state index contributed by atoms with van der Waals surface area (Å²) < 4.78 is 10.5. The molecule has 0 radical (unpaired) electrons. The van der Waals surface area contributed by atoms with Crippen LogP contribution in [0.25, 0.3) is 0 Å². The standard InChI is InChI=1S/C14H23NO4/c1-5-18-12(16)11-9-6-7-10(8-9)15(11)13(17)19-14(2,3)4/h9-11H,5-8H2,1-4H3/t9-,10+,11+/m1/s1. The largest absolute Gasteiger partial charge is 0.464 e. The number of fused-ring (bicyclic) bond motifs is 2. The topological polar surface area (TPSA) is 55.8 Å². The summed E-state index contributed by atoms with van der Waals surface area (Å²) in [4.78, 5) is 25.9. The molecule has 5 heteroatoms. The zero-order chi connectivity index (χ0) is 14.2. The normalized spacial score (nSPS) is 29.5. The first-order chi connectivity index (χ1) is 8.83. The SMILES string of the molecule is CCOC(=O)[C@@H]1[C@@H]2CC[C@@H](C2)N1C(=O)OC(C)(C)C. The minimum atomic E-state index is -0.544. The van der Waals surface area contributed by atoms with Crippen LogP contribution in [0.1, 0.15) is 47.0 Å². The zero-order valence-corrected chi connectivity index (χ0v) is 12.1. The predicted octanol–water partition coefficient (Wildman–Crippen LogP) is 2.34. The molecule has 1 saturated carbocycles. The molecule has 1 aliphatic carbocycles. The molecule has 0 aromatic heterocycles. The number of rotatable bonds is 2. The van der Waals surface area contributed by atoms with Crippen molar-refractivity contribution in [2.24, 2.45) is 5.92 Å². The Bertz CT molecular complexity index is 374. The minimum Gasteiger partial charge on any atom is -0.464 e. The van der Waals surface area contributed by atoms with E-state index in [0.29, 0.717) is 6.61 Å². The Balaban J connectivity index is 2.12. The Hall–Kier alpha value is -1.26. The molecule has 1 heterocycles. The Labute approximate surface area is 114 Å². The van der Waals surface area contributed by atoms with Gasteiger partial charge in [0.2, 0.25) is 0 Å². The third kappa shape index (κ3) is 2.85. The Morgan fingerprint density at radius 2 is 1.95 bits per heavy atom. The van der Waals surface area contributed by atoms with E-state index < -0.39 is 17.7 Å². The molecule has 0 N–H and O–H groups in total. The van der Waals surface area contributed by atoms with Crippen molar-refractivity contribution < 1.29 is 19.1 Å². The average molecular weight is 269 g/mol. The number of likely N-dealkylation sites (tertiary alicyclic amines) is 1. The van der Waals surface area contributed by atoms with Gasteiger partial charge in [0.1, 0.15) is 11.6 Å². The maximum atomic E-state index is 12.3. The van der Waals surface area contributed by atoms with Gasteiger partial charge in [-0.2, -0.15) is 0 Å². The summed E-state index contributed by atoms with van der Waals surface area (Å²) in [5.74, 6) is -0.0582. The van der Waals surface area contributed by atoms with Crippen LogP contribution < -0.4 is 0 Å². The second-order valence-electron chi connectivity index (χ2n) is 6.31. The highest BCUT2D eigenvalue weighted by Crippen LogP contribution is 2.43. The zero-order valence-electron chi connectivity index (χ0n) is 12.1. The molecule has 2 rings (SSSR count). The fraction of sp³-hybridized carbons (Fsp3) is 0.857. The van der Waals surface area contributed by atoms with Crippen molar-refractivity contribution in [2.45, 2.75) is 64.6 Å². The van der Waals surface area contributed by atoms with Crippen molar-refractivity contribution in [1.82, 2.24) is 4.90 Å². The molecule has 2 fully saturated rings. The van der Waals surface area contributed by atoms with Gasteiger partial charge >= 0.3 is 12.1 Å². The highest BCUT2D eigenvalue weighted by Gasteiger charge is 2.53. The van der Waals surface area contributed by atoms with Gasteiger partial charge in [-0.15, -0.1) is 0 Å². The summed E-state index contributed by atoms with van der Waals surface area (Å²) in [6.07, 6.45) is 2.45. The molecular weight excluding hydrogens is 246 g/mol. The second-order valence-corrected chi connectivity index (χ2v) is 6.31. The maximum Gasteiger partial charge on any atom is 0.411 e. The van der Waals surface area contributed by atoms with Gasteiger partial charge in [0.15, 0.2) is 0 Å². The third-order valence-electron chi connectivity index (χ3n) is 3.72. The van der Waals surface area contributed by atoms with Crippen LogP contribution in [0.2, 0.25) is 0 Å². The summed E-state index contributed by atoms with van der Waals surface area (Å²) in [7, 11) is 0. The Morgan fingerprint density at radius 1 is 1.26 bits per heavy atom. The molecule has 0 spiro atoms. The summed E-state index contributed by atoms with van der Waals surface area (Å²) in [5, 5.41) is 0. The predicted molar refractivity (Wildman–Crippen MR) is 69.6 cm³/mol. The number of esters is 1. The van der Waals surface area contributed by atoms with Crippen molar-refractivity contribution in [1.29, 1.82) is 0 Å². The van der Waals surface area contributed by atoms with Crippen LogP contribution in [0.4, 0.5) is 4.79 Å². The lowest BCUT2D eigenvalue weighted by Crippen LogP contribution is -2.51. The first-order valence-electron chi connectivity index (χ1n) is 7.01. The van der Waals surface area contributed by atoms with Crippen molar-refractivity contribution in [2.75, 3.05) is 6.61 Å². The monoisotopic (exact) mass is 269 g/mol. The fourth-order valence-electron chi connectivity index (χ4n) is 3.10. The number of nitrogens with zero attached hydrogens (tertiary/aromatic N) is 1. The van der Waals surface area contributed by atoms with Crippen molar-refractivity contribution in [3.63, 3.8) is 0 Å². The lowest BCUT2D eigenvalue weighted by molar-refractivity contribution is -0.151. The highest BCUT2D eigenvalue weighted by molar-refractivity contribution is 5.83. The van der Waals surface area contributed by atoms with E-state index in [9.17, 15) is 9.59 Å². The van der Waals surface area contributed by atoms with Crippen molar-refractivity contribution in [3.05, 3.63) is 0 Å². The van der Waals surface area contributed by atoms with E-state index in [2.05, 4.69) is 0 Å². The van der Waals surface area contributed by atoms with Crippen LogP contribution in [-0.4, -0.2) is 41.3 Å². The molecule has 1 amide bonds. The summed E-state index contributed by atoms with van der Waals surface area (Å²) in [6.45, 7) is 7.62. The molecule has 1 saturated heterocycles. The van der Waals surface area contributed by atoms with Crippen molar-refractivity contribution >= 4 is 12.1 Å². The van der Waals surface area contributed by atoms with Gasteiger partial charge in [-0.05, 0) is 52.9 Å². The molecule has 108 valence electrons. The number of amides is 1. The number of ether oxygens (including phenoxy) is 2. The lowest BCUT2D eigenvalue weighted by Gasteiger charge is -2.34.